The van der Waals surface area contributed by atoms with Gasteiger partial charge in [-0.1, -0.05) is 43.3 Å². The van der Waals surface area contributed by atoms with Crippen LogP contribution in [0.3, 0.4) is 0 Å². The first-order valence-corrected chi connectivity index (χ1v) is 7.56. The molecule has 6 nitrogen and oxygen atoms in total. The molecule has 0 heterocycles. The standard InChI is InChI=1S/C14H13NO5S/c1-10(11-6-3-2-4-7-11)14-12(15(16)17)8-5-9-13(14)21(18,19)20/h2-10H,1H3,(H,18,19,20). The summed E-state index contributed by atoms with van der Waals surface area (Å²) >= 11 is 0. The van der Waals surface area contributed by atoms with Gasteiger partial charge in [0, 0.05) is 12.0 Å². The first-order valence-electron chi connectivity index (χ1n) is 6.12. The van der Waals surface area contributed by atoms with Gasteiger partial charge in [0.2, 0.25) is 0 Å². The molecule has 2 aromatic carbocycles. The zero-order valence-electron chi connectivity index (χ0n) is 11.1. The normalized spacial score (nSPS) is 12.9. The van der Waals surface area contributed by atoms with Crippen molar-refractivity contribution in [2.45, 2.75) is 17.7 Å². The Labute approximate surface area is 121 Å². The van der Waals surface area contributed by atoms with Gasteiger partial charge in [-0.2, -0.15) is 8.42 Å². The predicted molar refractivity (Wildman–Crippen MR) is 76.9 cm³/mol. The third-order valence-electron chi connectivity index (χ3n) is 3.25. The topological polar surface area (TPSA) is 97.5 Å². The van der Waals surface area contributed by atoms with Crippen molar-refractivity contribution in [3.63, 3.8) is 0 Å². The average Bonchev–Trinajstić information content (AvgIpc) is 2.45. The molecule has 0 aromatic heterocycles. The summed E-state index contributed by atoms with van der Waals surface area (Å²) in [6.45, 7) is 1.66. The smallest absolute Gasteiger partial charge is 0.282 e. The van der Waals surface area contributed by atoms with E-state index in [9.17, 15) is 23.1 Å². The summed E-state index contributed by atoms with van der Waals surface area (Å²) < 4.78 is 32.3. The third kappa shape index (κ3) is 3.09. The number of hydrogen-bond acceptors (Lipinski definition) is 4. The molecule has 0 aliphatic heterocycles. The van der Waals surface area contributed by atoms with Crippen LogP contribution in [0.2, 0.25) is 0 Å². The molecule has 0 spiro atoms. The lowest BCUT2D eigenvalue weighted by molar-refractivity contribution is -0.385. The molecular formula is C14H13NO5S. The fourth-order valence-electron chi connectivity index (χ4n) is 2.26. The van der Waals surface area contributed by atoms with E-state index in [1.165, 1.54) is 12.1 Å². The van der Waals surface area contributed by atoms with Crippen molar-refractivity contribution in [3.05, 3.63) is 69.8 Å². The van der Waals surface area contributed by atoms with E-state index in [1.54, 1.807) is 37.3 Å². The van der Waals surface area contributed by atoms with E-state index in [4.69, 9.17) is 0 Å². The van der Waals surface area contributed by atoms with Crippen molar-refractivity contribution < 1.29 is 17.9 Å². The second-order valence-electron chi connectivity index (χ2n) is 4.55. The average molecular weight is 307 g/mol. The van der Waals surface area contributed by atoms with Crippen molar-refractivity contribution in [3.8, 4) is 0 Å². The van der Waals surface area contributed by atoms with Crippen LogP contribution in [0.25, 0.3) is 0 Å². The van der Waals surface area contributed by atoms with Gasteiger partial charge in [-0.15, -0.1) is 0 Å². The van der Waals surface area contributed by atoms with E-state index in [-0.39, 0.29) is 11.3 Å². The maximum atomic E-state index is 11.5. The van der Waals surface area contributed by atoms with Crippen LogP contribution in [0.1, 0.15) is 24.0 Å². The first kappa shape index (κ1) is 15.1. The predicted octanol–water partition coefficient (Wildman–Crippen LogP) is 2.99. The van der Waals surface area contributed by atoms with Gasteiger partial charge >= 0.3 is 0 Å². The minimum absolute atomic E-state index is 0.0174. The van der Waals surface area contributed by atoms with Crippen LogP contribution in [0.4, 0.5) is 5.69 Å². The molecule has 0 saturated heterocycles. The molecule has 1 atom stereocenters. The number of nitrogens with zero attached hydrogens (tertiary/aromatic N) is 1. The minimum atomic E-state index is -4.55. The second-order valence-corrected chi connectivity index (χ2v) is 5.94. The molecule has 1 unspecified atom stereocenters. The van der Waals surface area contributed by atoms with Crippen molar-refractivity contribution in [2.24, 2.45) is 0 Å². The largest absolute Gasteiger partial charge is 0.295 e. The molecule has 0 aliphatic carbocycles. The quantitative estimate of drug-likeness (QED) is 0.532. The molecule has 0 radical (unpaired) electrons. The summed E-state index contributed by atoms with van der Waals surface area (Å²) in [6, 6.07) is 12.4. The molecular weight excluding hydrogens is 294 g/mol. The third-order valence-corrected chi connectivity index (χ3v) is 4.16. The minimum Gasteiger partial charge on any atom is -0.282 e. The number of hydrogen-bond donors (Lipinski definition) is 1. The van der Waals surface area contributed by atoms with E-state index < -0.39 is 25.9 Å². The summed E-state index contributed by atoms with van der Waals surface area (Å²) in [5, 5.41) is 11.2. The molecule has 110 valence electrons. The van der Waals surface area contributed by atoms with Crippen LogP contribution in [0.15, 0.2) is 53.4 Å². The maximum Gasteiger partial charge on any atom is 0.295 e. The number of nitro groups is 1. The highest BCUT2D eigenvalue weighted by molar-refractivity contribution is 7.85. The van der Waals surface area contributed by atoms with Crippen LogP contribution < -0.4 is 0 Å². The highest BCUT2D eigenvalue weighted by Crippen LogP contribution is 2.36. The van der Waals surface area contributed by atoms with Gasteiger partial charge in [-0.3, -0.25) is 14.7 Å². The Bertz CT molecular complexity index is 771. The Morgan fingerprint density at radius 1 is 1.10 bits per heavy atom. The molecule has 0 saturated carbocycles. The van der Waals surface area contributed by atoms with E-state index >= 15 is 0 Å². The van der Waals surface area contributed by atoms with E-state index in [0.29, 0.717) is 0 Å². The number of nitro benzene ring substituents is 1. The van der Waals surface area contributed by atoms with Crippen LogP contribution in [-0.4, -0.2) is 17.9 Å². The maximum absolute atomic E-state index is 11.5. The van der Waals surface area contributed by atoms with Gasteiger partial charge < -0.3 is 0 Å². The summed E-state index contributed by atoms with van der Waals surface area (Å²) in [6.07, 6.45) is 0. The summed E-state index contributed by atoms with van der Waals surface area (Å²) in [7, 11) is -4.55. The fourth-order valence-corrected chi connectivity index (χ4v) is 3.07. The van der Waals surface area contributed by atoms with Crippen molar-refractivity contribution >= 4 is 15.8 Å². The Balaban J connectivity index is 2.73. The van der Waals surface area contributed by atoms with Gasteiger partial charge in [0.25, 0.3) is 15.8 Å². The van der Waals surface area contributed by atoms with Gasteiger partial charge in [-0.05, 0) is 11.6 Å². The van der Waals surface area contributed by atoms with Crippen LogP contribution in [0.5, 0.6) is 0 Å². The summed E-state index contributed by atoms with van der Waals surface area (Å²) in [4.78, 5) is 10.1. The first-order chi connectivity index (χ1) is 9.82. The fraction of sp³-hybridized carbons (Fsp3) is 0.143. The Kier molecular flexibility index (Phi) is 4.06. The van der Waals surface area contributed by atoms with Crippen LogP contribution in [-0.2, 0) is 10.1 Å². The van der Waals surface area contributed by atoms with Crippen LogP contribution >= 0.6 is 0 Å². The molecule has 0 aliphatic rings. The van der Waals surface area contributed by atoms with E-state index in [2.05, 4.69) is 0 Å². The lowest BCUT2D eigenvalue weighted by atomic mass is 9.92. The van der Waals surface area contributed by atoms with Crippen molar-refractivity contribution in [1.29, 1.82) is 0 Å². The molecule has 2 aromatic rings. The summed E-state index contributed by atoms with van der Waals surface area (Å²) in [5.41, 5.74) is 0.370. The van der Waals surface area contributed by atoms with E-state index in [1.807, 2.05) is 0 Å². The molecule has 0 bridgehead atoms. The zero-order valence-corrected chi connectivity index (χ0v) is 11.9. The summed E-state index contributed by atoms with van der Waals surface area (Å²) in [5.74, 6) is -0.551. The molecule has 7 heteroatoms. The van der Waals surface area contributed by atoms with Gasteiger partial charge in [0.05, 0.1) is 10.5 Å². The van der Waals surface area contributed by atoms with Gasteiger partial charge in [0.15, 0.2) is 0 Å². The number of benzene rings is 2. The molecule has 0 amide bonds. The van der Waals surface area contributed by atoms with Gasteiger partial charge in [-0.25, -0.2) is 0 Å². The monoisotopic (exact) mass is 307 g/mol. The Morgan fingerprint density at radius 2 is 1.71 bits per heavy atom. The SMILES string of the molecule is CC(c1ccccc1)c1c([N+](=O)[O-])cccc1S(=O)(=O)O. The lowest BCUT2D eigenvalue weighted by Crippen LogP contribution is -2.09. The Hall–Kier alpha value is -2.25. The molecule has 21 heavy (non-hydrogen) atoms. The van der Waals surface area contributed by atoms with E-state index in [0.717, 1.165) is 11.6 Å². The van der Waals surface area contributed by atoms with Crippen LogP contribution in [0, 0.1) is 10.1 Å². The Morgan fingerprint density at radius 3 is 2.24 bits per heavy atom. The zero-order chi connectivity index (χ0) is 15.6. The molecule has 0 fully saturated rings. The lowest BCUT2D eigenvalue weighted by Gasteiger charge is -2.15. The van der Waals surface area contributed by atoms with Crippen molar-refractivity contribution in [2.75, 3.05) is 0 Å². The molecule has 2 rings (SSSR count). The van der Waals surface area contributed by atoms with Crippen molar-refractivity contribution in [1.82, 2.24) is 0 Å². The highest BCUT2D eigenvalue weighted by Gasteiger charge is 2.28. The second kappa shape index (κ2) is 5.63. The highest BCUT2D eigenvalue weighted by atomic mass is 32.2. The molecule has 1 N–H and O–H groups in total. The van der Waals surface area contributed by atoms with Gasteiger partial charge in [0.1, 0.15) is 4.90 Å². The number of rotatable bonds is 4.